The Hall–Kier alpha value is -1.63. The molecule has 1 aromatic heterocycles. The van der Waals surface area contributed by atoms with Crippen molar-refractivity contribution in [1.82, 2.24) is 15.1 Å². The molecule has 1 amide bonds. The number of hydrogen-bond donors (Lipinski definition) is 1. The van der Waals surface area contributed by atoms with E-state index in [-0.39, 0.29) is 23.5 Å². The molecule has 2 saturated carbocycles. The molecule has 0 unspecified atom stereocenters. The summed E-state index contributed by atoms with van der Waals surface area (Å²) in [5, 5.41) is 17.7. The minimum absolute atomic E-state index is 0.0102. The third kappa shape index (κ3) is 3.06. The van der Waals surface area contributed by atoms with Gasteiger partial charge < -0.3 is 15.4 Å². The fourth-order valence-electron chi connectivity index (χ4n) is 4.23. The van der Waals surface area contributed by atoms with Gasteiger partial charge in [-0.25, -0.2) is 0 Å². The van der Waals surface area contributed by atoms with E-state index >= 15 is 0 Å². The lowest BCUT2D eigenvalue weighted by Gasteiger charge is -2.28. The van der Waals surface area contributed by atoms with Gasteiger partial charge in [0.1, 0.15) is 6.54 Å². The Balaban J connectivity index is 1.61. The van der Waals surface area contributed by atoms with Crippen molar-refractivity contribution in [1.29, 1.82) is 0 Å². The van der Waals surface area contributed by atoms with Gasteiger partial charge in [-0.3, -0.25) is 4.79 Å². The summed E-state index contributed by atoms with van der Waals surface area (Å²) in [6.45, 7) is 3.62. The van der Waals surface area contributed by atoms with Gasteiger partial charge in [0.2, 0.25) is 5.91 Å². The molecule has 7 nitrogen and oxygen atoms in total. The van der Waals surface area contributed by atoms with Gasteiger partial charge in [0.15, 0.2) is 5.02 Å². The number of hydrogen-bond acceptors (Lipinski definition) is 4. The molecule has 0 aromatic carbocycles. The topological polar surface area (TPSA) is 90.1 Å². The minimum Gasteiger partial charge on any atom is -0.358 e. The Morgan fingerprint density at radius 1 is 1.52 bits per heavy atom. The van der Waals surface area contributed by atoms with E-state index in [9.17, 15) is 14.9 Å². The van der Waals surface area contributed by atoms with Crippen molar-refractivity contribution in [3.63, 3.8) is 0 Å². The number of nitrogens with zero attached hydrogens (tertiary/aromatic N) is 3. The molecule has 2 aliphatic carbocycles. The maximum Gasteiger partial charge on any atom is 0.408 e. The zero-order valence-electron chi connectivity index (χ0n) is 13.3. The first-order valence-electron chi connectivity index (χ1n) is 8.03. The molecule has 1 N–H and O–H groups in total. The van der Waals surface area contributed by atoms with Crippen molar-refractivity contribution < 1.29 is 9.72 Å². The summed E-state index contributed by atoms with van der Waals surface area (Å²) in [4.78, 5) is 22.4. The van der Waals surface area contributed by atoms with Gasteiger partial charge >= 0.3 is 5.82 Å². The van der Waals surface area contributed by atoms with E-state index in [1.165, 1.54) is 30.4 Å². The van der Waals surface area contributed by atoms with Crippen LogP contribution in [0.5, 0.6) is 0 Å². The summed E-state index contributed by atoms with van der Waals surface area (Å²) in [5.74, 6) is 1.53. The summed E-state index contributed by atoms with van der Waals surface area (Å²) in [7, 11) is 0. The number of nitro groups is 1. The highest BCUT2D eigenvalue weighted by atomic mass is 35.5. The molecule has 3 rings (SSSR count). The summed E-state index contributed by atoms with van der Waals surface area (Å²) in [5.41, 5.74) is 0.432. The SMILES string of the molecule is Cc1c(Cl)c([N+](=O)[O-])nn1CC(=O)N[C@H](C)[C@@H]1C[C@H]2CC[C@H]1C2. The fourth-order valence-corrected chi connectivity index (χ4v) is 4.43. The van der Waals surface area contributed by atoms with Crippen LogP contribution in [0.15, 0.2) is 0 Å². The molecule has 8 heteroatoms. The average Bonchev–Trinajstić information content (AvgIpc) is 3.17. The Morgan fingerprint density at radius 2 is 2.26 bits per heavy atom. The predicted octanol–water partition coefficient (Wildman–Crippen LogP) is 2.69. The summed E-state index contributed by atoms with van der Waals surface area (Å²) < 4.78 is 1.29. The quantitative estimate of drug-likeness (QED) is 0.659. The second-order valence-corrected chi connectivity index (χ2v) is 7.21. The van der Waals surface area contributed by atoms with Crippen molar-refractivity contribution in [2.75, 3.05) is 0 Å². The Morgan fingerprint density at radius 3 is 2.78 bits per heavy atom. The number of rotatable bonds is 5. The first kappa shape index (κ1) is 16.2. The molecule has 0 radical (unpaired) electrons. The normalized spacial score (nSPS) is 27.2. The largest absolute Gasteiger partial charge is 0.408 e. The minimum atomic E-state index is -0.637. The van der Waals surface area contributed by atoms with Gasteiger partial charge in [0.05, 0.1) is 10.8 Å². The van der Waals surface area contributed by atoms with Crippen LogP contribution in [0.2, 0.25) is 5.02 Å². The second kappa shape index (κ2) is 6.11. The molecule has 23 heavy (non-hydrogen) atoms. The Labute approximate surface area is 139 Å². The van der Waals surface area contributed by atoms with Gasteiger partial charge in [-0.05, 0) is 55.8 Å². The van der Waals surface area contributed by atoms with E-state index in [4.69, 9.17) is 11.6 Å². The molecule has 0 aliphatic heterocycles. The van der Waals surface area contributed by atoms with Crippen LogP contribution in [0.3, 0.4) is 0 Å². The van der Waals surface area contributed by atoms with Crippen molar-refractivity contribution in [3.05, 3.63) is 20.8 Å². The number of nitrogens with one attached hydrogen (secondary N) is 1. The number of carbonyl (C=O) groups is 1. The first-order valence-corrected chi connectivity index (χ1v) is 8.41. The highest BCUT2D eigenvalue weighted by Crippen LogP contribution is 2.49. The summed E-state index contributed by atoms with van der Waals surface area (Å²) in [6, 6.07) is 0.124. The third-order valence-electron chi connectivity index (χ3n) is 5.41. The van der Waals surface area contributed by atoms with Gasteiger partial charge in [0.25, 0.3) is 0 Å². The van der Waals surface area contributed by atoms with Crippen molar-refractivity contribution in [2.45, 2.75) is 52.1 Å². The third-order valence-corrected chi connectivity index (χ3v) is 5.85. The highest BCUT2D eigenvalue weighted by molar-refractivity contribution is 6.33. The van der Waals surface area contributed by atoms with Crippen molar-refractivity contribution >= 4 is 23.3 Å². The van der Waals surface area contributed by atoms with Gasteiger partial charge in [-0.2, -0.15) is 4.68 Å². The number of carbonyl (C=O) groups excluding carboxylic acids is 1. The smallest absolute Gasteiger partial charge is 0.358 e. The highest BCUT2D eigenvalue weighted by Gasteiger charge is 2.42. The molecule has 1 heterocycles. The van der Waals surface area contributed by atoms with E-state index in [1.807, 2.05) is 0 Å². The summed E-state index contributed by atoms with van der Waals surface area (Å²) >= 11 is 5.89. The lowest BCUT2D eigenvalue weighted by molar-refractivity contribution is -0.389. The monoisotopic (exact) mass is 340 g/mol. The van der Waals surface area contributed by atoms with Crippen LogP contribution in [0.25, 0.3) is 0 Å². The van der Waals surface area contributed by atoms with Crippen LogP contribution < -0.4 is 5.32 Å². The van der Waals surface area contributed by atoms with Gasteiger partial charge in [-0.1, -0.05) is 18.0 Å². The number of amides is 1. The number of aromatic nitrogens is 2. The van der Waals surface area contributed by atoms with E-state index in [1.54, 1.807) is 6.92 Å². The second-order valence-electron chi connectivity index (χ2n) is 6.83. The van der Waals surface area contributed by atoms with E-state index in [0.717, 1.165) is 11.8 Å². The molecule has 126 valence electrons. The molecule has 0 saturated heterocycles. The van der Waals surface area contributed by atoms with Crippen LogP contribution in [-0.2, 0) is 11.3 Å². The molecule has 2 bridgehead atoms. The Kier molecular flexibility index (Phi) is 4.31. The van der Waals surface area contributed by atoms with Crippen LogP contribution in [-0.4, -0.2) is 26.7 Å². The first-order chi connectivity index (χ1) is 10.9. The van der Waals surface area contributed by atoms with Crippen molar-refractivity contribution in [3.8, 4) is 0 Å². The molecule has 4 atom stereocenters. The molecule has 0 spiro atoms. The molecule has 2 aliphatic rings. The van der Waals surface area contributed by atoms with Gasteiger partial charge in [-0.15, -0.1) is 0 Å². The van der Waals surface area contributed by atoms with Crippen LogP contribution in [0, 0.1) is 34.8 Å². The van der Waals surface area contributed by atoms with Crippen molar-refractivity contribution in [2.24, 2.45) is 17.8 Å². The number of halogens is 1. The molecule has 1 aromatic rings. The molecular weight excluding hydrogens is 320 g/mol. The van der Waals surface area contributed by atoms with Crippen LogP contribution in [0.4, 0.5) is 5.82 Å². The molecular formula is C15H21ClN4O3. The lowest BCUT2D eigenvalue weighted by atomic mass is 9.84. The zero-order chi connectivity index (χ0) is 16.7. The van der Waals surface area contributed by atoms with Crippen LogP contribution in [0.1, 0.15) is 38.3 Å². The zero-order valence-corrected chi connectivity index (χ0v) is 14.0. The average molecular weight is 341 g/mol. The lowest BCUT2D eigenvalue weighted by Crippen LogP contribution is -2.41. The number of fused-ring (bicyclic) bond motifs is 2. The maximum atomic E-state index is 12.2. The van der Waals surface area contributed by atoms with Gasteiger partial charge in [0, 0.05) is 6.04 Å². The molecule has 2 fully saturated rings. The maximum absolute atomic E-state index is 12.2. The standard InChI is InChI=1S/C15H21ClN4O3/c1-8(12-6-10-3-4-11(12)5-10)17-13(21)7-19-9(2)14(16)15(18-19)20(22)23/h8,10-12H,3-7H2,1-2H3,(H,17,21)/t8-,10+,11+,12+/m1/s1. The summed E-state index contributed by atoms with van der Waals surface area (Å²) in [6.07, 6.45) is 5.10. The predicted molar refractivity (Wildman–Crippen MR) is 85.2 cm³/mol. The van der Waals surface area contributed by atoms with E-state index in [2.05, 4.69) is 17.3 Å². The van der Waals surface area contributed by atoms with Crippen LogP contribution >= 0.6 is 11.6 Å². The Bertz CT molecular complexity index is 645. The van der Waals surface area contributed by atoms with E-state index in [0.29, 0.717) is 11.6 Å². The van der Waals surface area contributed by atoms with E-state index < -0.39 is 10.7 Å². The fraction of sp³-hybridized carbons (Fsp3) is 0.733.